The van der Waals surface area contributed by atoms with Gasteiger partial charge in [-0.15, -0.1) is 0 Å². The van der Waals surface area contributed by atoms with Gasteiger partial charge in [0.2, 0.25) is 5.91 Å². The average Bonchev–Trinajstić information content (AvgIpc) is 3.18. The first-order valence-corrected chi connectivity index (χ1v) is 10.0. The van der Waals surface area contributed by atoms with Crippen LogP contribution in [0.4, 0.5) is 5.69 Å². The summed E-state index contributed by atoms with van der Waals surface area (Å²) in [6, 6.07) is 24.8. The number of amides is 2. The first-order valence-electron chi connectivity index (χ1n) is 10.0. The maximum absolute atomic E-state index is 13.6. The number of para-hydroxylation sites is 1. The second kappa shape index (κ2) is 7.21. The van der Waals surface area contributed by atoms with Crippen LogP contribution in [0.15, 0.2) is 78.9 Å². The van der Waals surface area contributed by atoms with Crippen molar-refractivity contribution in [2.24, 2.45) is 0 Å². The number of anilines is 1. The quantitative estimate of drug-likeness (QED) is 0.676. The fourth-order valence-electron chi connectivity index (χ4n) is 4.45. The molecular weight excluding hydrogens is 360 g/mol. The first-order chi connectivity index (χ1) is 14.2. The number of nitrogens with zero attached hydrogens (tertiary/aromatic N) is 2. The molecule has 5 rings (SSSR count). The lowest BCUT2D eigenvalue weighted by Crippen LogP contribution is -2.50. The highest BCUT2D eigenvalue weighted by Crippen LogP contribution is 2.35. The maximum Gasteiger partial charge on any atom is 0.259 e. The summed E-state index contributed by atoms with van der Waals surface area (Å²) < 4.78 is 0. The van der Waals surface area contributed by atoms with E-state index < -0.39 is 6.04 Å². The Labute approximate surface area is 170 Å². The zero-order valence-electron chi connectivity index (χ0n) is 16.1. The molecule has 0 saturated carbocycles. The van der Waals surface area contributed by atoms with E-state index in [1.807, 2.05) is 71.6 Å². The van der Waals surface area contributed by atoms with Crippen molar-refractivity contribution in [2.75, 3.05) is 11.4 Å². The van der Waals surface area contributed by atoms with Gasteiger partial charge in [-0.2, -0.15) is 0 Å². The smallest absolute Gasteiger partial charge is 0.259 e. The van der Waals surface area contributed by atoms with Gasteiger partial charge < -0.3 is 4.90 Å². The van der Waals surface area contributed by atoms with Gasteiger partial charge >= 0.3 is 0 Å². The van der Waals surface area contributed by atoms with Crippen LogP contribution in [0.1, 0.15) is 27.0 Å². The lowest BCUT2D eigenvalue weighted by molar-refractivity contribution is -0.133. The van der Waals surface area contributed by atoms with Gasteiger partial charge in [0.1, 0.15) is 6.04 Å². The van der Waals surface area contributed by atoms with Crippen molar-refractivity contribution in [3.05, 3.63) is 101 Å². The van der Waals surface area contributed by atoms with Crippen LogP contribution in [0.5, 0.6) is 0 Å². The van der Waals surface area contributed by atoms with E-state index in [0.29, 0.717) is 25.1 Å². The summed E-state index contributed by atoms with van der Waals surface area (Å²) in [4.78, 5) is 30.5. The van der Waals surface area contributed by atoms with Crippen LogP contribution in [0.2, 0.25) is 0 Å². The molecule has 0 aromatic heterocycles. The van der Waals surface area contributed by atoms with Crippen LogP contribution in [0, 0.1) is 0 Å². The first kappa shape index (κ1) is 17.7. The van der Waals surface area contributed by atoms with E-state index in [1.165, 1.54) is 11.1 Å². The van der Waals surface area contributed by atoms with Crippen molar-refractivity contribution >= 4 is 17.5 Å². The molecule has 1 unspecified atom stereocenters. The molecule has 4 nitrogen and oxygen atoms in total. The Morgan fingerprint density at radius 2 is 1.41 bits per heavy atom. The lowest BCUT2D eigenvalue weighted by atomic mass is 9.99. The Hall–Kier alpha value is -3.40. The standard InChI is InChI=1S/C25H22N2O2/c28-24(19-9-2-1-3-10-19)27-22-13-7-6-11-20(22)16-23(27)25(29)26-15-14-18-8-4-5-12-21(18)17-26/h1-13,23H,14-17H2. The van der Waals surface area contributed by atoms with E-state index in [1.54, 1.807) is 4.90 Å². The zero-order chi connectivity index (χ0) is 19.8. The second-order valence-corrected chi connectivity index (χ2v) is 7.67. The number of benzene rings is 3. The van der Waals surface area contributed by atoms with Crippen LogP contribution in [0.3, 0.4) is 0 Å². The van der Waals surface area contributed by atoms with Gasteiger partial charge in [-0.05, 0) is 41.3 Å². The van der Waals surface area contributed by atoms with Gasteiger partial charge in [-0.3, -0.25) is 14.5 Å². The Balaban J connectivity index is 1.47. The molecule has 0 aliphatic carbocycles. The third-order valence-corrected chi connectivity index (χ3v) is 5.94. The van der Waals surface area contributed by atoms with Gasteiger partial charge in [-0.1, -0.05) is 60.7 Å². The topological polar surface area (TPSA) is 40.6 Å². The van der Waals surface area contributed by atoms with E-state index >= 15 is 0 Å². The molecule has 29 heavy (non-hydrogen) atoms. The van der Waals surface area contributed by atoms with Gasteiger partial charge in [0.05, 0.1) is 0 Å². The monoisotopic (exact) mass is 382 g/mol. The Morgan fingerprint density at radius 3 is 2.21 bits per heavy atom. The minimum atomic E-state index is -0.495. The maximum atomic E-state index is 13.6. The molecule has 2 heterocycles. The highest BCUT2D eigenvalue weighted by molar-refractivity contribution is 6.11. The van der Waals surface area contributed by atoms with E-state index in [2.05, 4.69) is 12.1 Å². The van der Waals surface area contributed by atoms with Crippen molar-refractivity contribution < 1.29 is 9.59 Å². The minimum absolute atomic E-state index is 0.0278. The molecule has 3 aromatic rings. The van der Waals surface area contributed by atoms with Crippen molar-refractivity contribution in [1.29, 1.82) is 0 Å². The van der Waals surface area contributed by atoms with E-state index in [-0.39, 0.29) is 11.8 Å². The second-order valence-electron chi connectivity index (χ2n) is 7.67. The highest BCUT2D eigenvalue weighted by Gasteiger charge is 2.40. The lowest BCUT2D eigenvalue weighted by Gasteiger charge is -2.34. The molecule has 0 fully saturated rings. The van der Waals surface area contributed by atoms with E-state index in [9.17, 15) is 9.59 Å². The van der Waals surface area contributed by atoms with Crippen LogP contribution < -0.4 is 4.90 Å². The Kier molecular flexibility index (Phi) is 4.39. The predicted molar refractivity (Wildman–Crippen MR) is 113 cm³/mol. The summed E-state index contributed by atoms with van der Waals surface area (Å²) in [5.74, 6) is -0.0914. The molecular formula is C25H22N2O2. The molecule has 2 amide bonds. The van der Waals surface area contributed by atoms with Crippen LogP contribution >= 0.6 is 0 Å². The number of hydrogen-bond donors (Lipinski definition) is 0. The zero-order valence-corrected chi connectivity index (χ0v) is 16.1. The number of rotatable bonds is 2. The van der Waals surface area contributed by atoms with Crippen LogP contribution in [-0.4, -0.2) is 29.3 Å². The SMILES string of the molecule is O=C(C1Cc2ccccc2N1C(=O)c1ccccc1)N1CCc2ccccc2C1. The number of fused-ring (bicyclic) bond motifs is 2. The van der Waals surface area contributed by atoms with Crippen molar-refractivity contribution in [1.82, 2.24) is 4.90 Å². The van der Waals surface area contributed by atoms with Crippen molar-refractivity contribution in [2.45, 2.75) is 25.4 Å². The third-order valence-electron chi connectivity index (χ3n) is 5.94. The molecule has 3 aromatic carbocycles. The molecule has 0 saturated heterocycles. The number of carbonyl (C=O) groups excluding carboxylic acids is 2. The fraction of sp³-hybridized carbons (Fsp3) is 0.200. The molecule has 0 bridgehead atoms. The minimum Gasteiger partial charge on any atom is -0.336 e. The Bertz CT molecular complexity index is 1080. The molecule has 4 heteroatoms. The molecule has 0 radical (unpaired) electrons. The summed E-state index contributed by atoms with van der Waals surface area (Å²) >= 11 is 0. The molecule has 2 aliphatic heterocycles. The molecule has 0 spiro atoms. The van der Waals surface area contributed by atoms with E-state index in [0.717, 1.165) is 17.7 Å². The summed E-state index contributed by atoms with van der Waals surface area (Å²) in [6.07, 6.45) is 1.42. The van der Waals surface area contributed by atoms with Gasteiger partial charge in [0, 0.05) is 30.8 Å². The summed E-state index contributed by atoms with van der Waals surface area (Å²) in [7, 11) is 0. The number of hydrogen-bond acceptors (Lipinski definition) is 2. The fourth-order valence-corrected chi connectivity index (χ4v) is 4.45. The summed E-state index contributed by atoms with van der Waals surface area (Å²) in [5.41, 5.74) is 5.00. The average molecular weight is 382 g/mol. The summed E-state index contributed by atoms with van der Waals surface area (Å²) in [6.45, 7) is 1.30. The predicted octanol–water partition coefficient (Wildman–Crippen LogP) is 3.84. The van der Waals surface area contributed by atoms with Gasteiger partial charge in [0.15, 0.2) is 0 Å². The number of carbonyl (C=O) groups is 2. The van der Waals surface area contributed by atoms with Crippen molar-refractivity contribution in [3.8, 4) is 0 Å². The molecule has 144 valence electrons. The van der Waals surface area contributed by atoms with Gasteiger partial charge in [0.25, 0.3) is 5.91 Å². The molecule has 1 atom stereocenters. The van der Waals surface area contributed by atoms with E-state index in [4.69, 9.17) is 0 Å². The highest BCUT2D eigenvalue weighted by atomic mass is 16.2. The third kappa shape index (κ3) is 3.11. The normalized spacial score (nSPS) is 17.6. The van der Waals surface area contributed by atoms with Crippen molar-refractivity contribution in [3.63, 3.8) is 0 Å². The molecule has 0 N–H and O–H groups in total. The molecule has 2 aliphatic rings. The Morgan fingerprint density at radius 1 is 0.759 bits per heavy atom. The largest absolute Gasteiger partial charge is 0.336 e. The van der Waals surface area contributed by atoms with Crippen LogP contribution in [0.25, 0.3) is 0 Å². The summed E-state index contributed by atoms with van der Waals surface area (Å²) in [5, 5.41) is 0. The van der Waals surface area contributed by atoms with Gasteiger partial charge in [-0.25, -0.2) is 0 Å². The van der Waals surface area contributed by atoms with Crippen LogP contribution in [-0.2, 0) is 24.2 Å².